The summed E-state index contributed by atoms with van der Waals surface area (Å²) in [6.07, 6.45) is 8.12. The van der Waals surface area contributed by atoms with Gasteiger partial charge in [-0.05, 0) is 23.8 Å². The summed E-state index contributed by atoms with van der Waals surface area (Å²) in [7, 11) is 0. The molecule has 0 aliphatic rings. The molecule has 8 heteroatoms. The van der Waals surface area contributed by atoms with Crippen molar-refractivity contribution in [2.75, 3.05) is 11.1 Å². The zero-order chi connectivity index (χ0) is 17.2. The molecule has 4 rings (SSSR count). The van der Waals surface area contributed by atoms with E-state index in [0.717, 1.165) is 27.7 Å². The van der Waals surface area contributed by atoms with Crippen LogP contribution in [0.1, 0.15) is 0 Å². The fourth-order valence-corrected chi connectivity index (χ4v) is 2.61. The second-order valence-corrected chi connectivity index (χ2v) is 5.74. The highest BCUT2D eigenvalue weighted by Crippen LogP contribution is 2.28. The Bertz CT molecular complexity index is 1050. The van der Waals surface area contributed by atoms with Crippen LogP contribution in [0, 0.1) is 0 Å². The smallest absolute Gasteiger partial charge is 0.219 e. The number of nitrogens with two attached hydrogens (primary N) is 1. The van der Waals surface area contributed by atoms with Crippen molar-refractivity contribution >= 4 is 40.0 Å². The first-order valence-electron chi connectivity index (χ1n) is 7.39. The van der Waals surface area contributed by atoms with Crippen LogP contribution < -0.4 is 11.1 Å². The highest BCUT2D eigenvalue weighted by molar-refractivity contribution is 6.30. The SMILES string of the molecule is Nc1ncc(-c2ccc3ncnc(Nc4cncc(Cl)c4)c3c2)cn1. The van der Waals surface area contributed by atoms with Gasteiger partial charge in [-0.15, -0.1) is 0 Å². The Labute approximate surface area is 148 Å². The standard InChI is InChI=1S/C17H12ClN7/c18-12-4-13(8-20-7-12)25-16-14-3-10(1-2-15(14)23-9-24-16)11-5-21-17(19)22-6-11/h1-9H,(H2,19,21,22)(H,23,24,25). The Morgan fingerprint density at radius 1 is 0.880 bits per heavy atom. The van der Waals surface area contributed by atoms with Crippen molar-refractivity contribution in [1.82, 2.24) is 24.9 Å². The number of pyridine rings is 1. The van der Waals surface area contributed by atoms with Gasteiger partial charge < -0.3 is 11.1 Å². The number of anilines is 3. The molecule has 0 amide bonds. The molecule has 0 fully saturated rings. The summed E-state index contributed by atoms with van der Waals surface area (Å²) in [5.74, 6) is 0.899. The van der Waals surface area contributed by atoms with Gasteiger partial charge in [0.15, 0.2) is 0 Å². The summed E-state index contributed by atoms with van der Waals surface area (Å²) >= 11 is 5.99. The average molecular weight is 350 g/mol. The van der Waals surface area contributed by atoms with E-state index in [9.17, 15) is 0 Å². The maximum atomic E-state index is 5.99. The highest BCUT2D eigenvalue weighted by atomic mass is 35.5. The topological polar surface area (TPSA) is 102 Å². The average Bonchev–Trinajstić information content (AvgIpc) is 2.62. The van der Waals surface area contributed by atoms with E-state index in [4.69, 9.17) is 17.3 Å². The summed E-state index contributed by atoms with van der Waals surface area (Å²) in [6, 6.07) is 7.63. The number of nitrogen functional groups attached to an aromatic ring is 1. The monoisotopic (exact) mass is 349 g/mol. The molecule has 3 aromatic heterocycles. The van der Waals surface area contributed by atoms with Gasteiger partial charge in [0.25, 0.3) is 0 Å². The number of aromatic nitrogens is 5. The van der Waals surface area contributed by atoms with E-state index in [1.165, 1.54) is 6.33 Å². The number of nitrogens with one attached hydrogen (secondary N) is 1. The van der Waals surface area contributed by atoms with E-state index in [1.54, 1.807) is 30.9 Å². The minimum absolute atomic E-state index is 0.240. The van der Waals surface area contributed by atoms with Gasteiger partial charge in [0, 0.05) is 29.5 Å². The first kappa shape index (κ1) is 15.2. The van der Waals surface area contributed by atoms with Gasteiger partial charge in [-0.25, -0.2) is 19.9 Å². The molecular weight excluding hydrogens is 338 g/mol. The minimum atomic E-state index is 0.240. The van der Waals surface area contributed by atoms with Crippen LogP contribution in [0.4, 0.5) is 17.5 Å². The first-order chi connectivity index (χ1) is 12.2. The fraction of sp³-hybridized carbons (Fsp3) is 0. The molecule has 25 heavy (non-hydrogen) atoms. The lowest BCUT2D eigenvalue weighted by Crippen LogP contribution is -1.97. The molecule has 0 saturated heterocycles. The second kappa shape index (κ2) is 6.29. The highest BCUT2D eigenvalue weighted by Gasteiger charge is 2.08. The second-order valence-electron chi connectivity index (χ2n) is 5.30. The minimum Gasteiger partial charge on any atom is -0.368 e. The van der Waals surface area contributed by atoms with Gasteiger partial charge in [0.1, 0.15) is 12.1 Å². The zero-order valence-electron chi connectivity index (χ0n) is 12.9. The van der Waals surface area contributed by atoms with Crippen LogP contribution >= 0.6 is 11.6 Å². The molecule has 3 N–H and O–H groups in total. The Kier molecular flexibility index (Phi) is 3.83. The lowest BCUT2D eigenvalue weighted by molar-refractivity contribution is 1.19. The molecule has 0 spiro atoms. The normalized spacial score (nSPS) is 10.8. The molecule has 0 aliphatic heterocycles. The van der Waals surface area contributed by atoms with Crippen LogP contribution in [0.5, 0.6) is 0 Å². The summed E-state index contributed by atoms with van der Waals surface area (Å²) < 4.78 is 0. The number of fused-ring (bicyclic) bond motifs is 1. The fourth-order valence-electron chi connectivity index (χ4n) is 2.44. The maximum Gasteiger partial charge on any atom is 0.219 e. The third kappa shape index (κ3) is 3.17. The molecule has 0 saturated carbocycles. The van der Waals surface area contributed by atoms with Gasteiger partial charge in [-0.1, -0.05) is 17.7 Å². The third-order valence-corrected chi connectivity index (χ3v) is 3.81. The maximum absolute atomic E-state index is 5.99. The quantitative estimate of drug-likeness (QED) is 0.583. The Morgan fingerprint density at radius 2 is 1.72 bits per heavy atom. The van der Waals surface area contributed by atoms with E-state index >= 15 is 0 Å². The van der Waals surface area contributed by atoms with Crippen molar-refractivity contribution in [1.29, 1.82) is 0 Å². The Morgan fingerprint density at radius 3 is 2.52 bits per heavy atom. The van der Waals surface area contributed by atoms with Gasteiger partial charge in [0.2, 0.25) is 5.95 Å². The summed E-state index contributed by atoms with van der Waals surface area (Å²) in [4.78, 5) is 20.8. The van der Waals surface area contributed by atoms with E-state index < -0.39 is 0 Å². The Balaban J connectivity index is 1.79. The van der Waals surface area contributed by atoms with Crippen LogP contribution in [-0.4, -0.2) is 24.9 Å². The van der Waals surface area contributed by atoms with Crippen molar-refractivity contribution < 1.29 is 0 Å². The lowest BCUT2D eigenvalue weighted by atomic mass is 10.1. The van der Waals surface area contributed by atoms with Crippen molar-refractivity contribution in [2.45, 2.75) is 0 Å². The molecule has 122 valence electrons. The molecule has 0 unspecified atom stereocenters. The first-order valence-corrected chi connectivity index (χ1v) is 7.77. The number of halogens is 1. The van der Waals surface area contributed by atoms with E-state index in [0.29, 0.717) is 10.8 Å². The zero-order valence-corrected chi connectivity index (χ0v) is 13.6. The predicted molar refractivity (Wildman–Crippen MR) is 97.5 cm³/mol. The van der Waals surface area contributed by atoms with E-state index in [1.807, 2.05) is 18.2 Å². The molecule has 1 aromatic carbocycles. The van der Waals surface area contributed by atoms with Crippen LogP contribution in [0.25, 0.3) is 22.0 Å². The number of hydrogen-bond donors (Lipinski definition) is 2. The largest absolute Gasteiger partial charge is 0.368 e. The van der Waals surface area contributed by atoms with Gasteiger partial charge in [0.05, 0.1) is 22.4 Å². The predicted octanol–water partition coefficient (Wildman–Crippen LogP) is 3.46. The third-order valence-electron chi connectivity index (χ3n) is 3.61. The Hall–Kier alpha value is -3.32. The van der Waals surface area contributed by atoms with Crippen LogP contribution in [0.3, 0.4) is 0 Å². The van der Waals surface area contributed by atoms with Gasteiger partial charge in [-0.2, -0.15) is 0 Å². The van der Waals surface area contributed by atoms with Crippen LogP contribution in [-0.2, 0) is 0 Å². The molecule has 0 aliphatic carbocycles. The van der Waals surface area contributed by atoms with Gasteiger partial charge in [-0.3, -0.25) is 4.98 Å². The van der Waals surface area contributed by atoms with Crippen LogP contribution in [0.15, 0.2) is 55.4 Å². The summed E-state index contributed by atoms with van der Waals surface area (Å²) in [6.45, 7) is 0. The van der Waals surface area contributed by atoms with E-state index in [2.05, 4.69) is 30.2 Å². The van der Waals surface area contributed by atoms with Crippen molar-refractivity contribution in [3.63, 3.8) is 0 Å². The lowest BCUT2D eigenvalue weighted by Gasteiger charge is -2.09. The van der Waals surface area contributed by atoms with Crippen molar-refractivity contribution in [3.8, 4) is 11.1 Å². The number of benzene rings is 1. The summed E-state index contributed by atoms with van der Waals surface area (Å²) in [5, 5.41) is 4.63. The van der Waals surface area contributed by atoms with Crippen molar-refractivity contribution in [3.05, 3.63) is 60.4 Å². The molecule has 0 atom stereocenters. The molecule has 0 bridgehead atoms. The summed E-state index contributed by atoms with van der Waals surface area (Å²) in [5.41, 5.74) is 8.90. The molecule has 4 aromatic rings. The van der Waals surface area contributed by atoms with Crippen molar-refractivity contribution in [2.24, 2.45) is 0 Å². The number of nitrogens with zero attached hydrogens (tertiary/aromatic N) is 5. The number of rotatable bonds is 3. The number of hydrogen-bond acceptors (Lipinski definition) is 7. The van der Waals surface area contributed by atoms with E-state index in [-0.39, 0.29) is 5.95 Å². The molecular formula is C17H12ClN7. The van der Waals surface area contributed by atoms with Crippen LogP contribution in [0.2, 0.25) is 5.02 Å². The van der Waals surface area contributed by atoms with Gasteiger partial charge >= 0.3 is 0 Å². The molecule has 0 radical (unpaired) electrons. The molecule has 3 heterocycles. The molecule has 7 nitrogen and oxygen atoms in total.